The van der Waals surface area contributed by atoms with Gasteiger partial charge in [0.2, 0.25) is 0 Å². The molecule has 0 saturated carbocycles. The number of unbranched alkanes of at least 4 members (excludes halogenated alkanes) is 18. The normalized spacial score (nSPS) is 12.1. The van der Waals surface area contributed by atoms with Crippen molar-refractivity contribution in [1.29, 1.82) is 0 Å². The van der Waals surface area contributed by atoms with Crippen molar-refractivity contribution in [1.82, 2.24) is 0 Å². The van der Waals surface area contributed by atoms with E-state index in [-0.39, 0.29) is 0 Å². The maximum Gasteiger partial charge on any atom is 0.374 e. The van der Waals surface area contributed by atoms with Gasteiger partial charge in [-0.15, -0.1) is 0 Å². The Balaban J connectivity index is 3.08. The van der Waals surface area contributed by atoms with Crippen LogP contribution in [0.5, 0.6) is 0 Å². The molecule has 0 bridgehead atoms. The van der Waals surface area contributed by atoms with Gasteiger partial charge < -0.3 is 14.3 Å². The van der Waals surface area contributed by atoms with Crippen LogP contribution in [0.2, 0.25) is 0 Å². The van der Waals surface area contributed by atoms with E-state index in [1.165, 1.54) is 115 Å². The van der Waals surface area contributed by atoms with Crippen molar-refractivity contribution in [3.8, 4) is 0 Å². The summed E-state index contributed by atoms with van der Waals surface area (Å²) >= 11 is 4.36. The summed E-state index contributed by atoms with van der Waals surface area (Å²) in [5, 5.41) is 0. The van der Waals surface area contributed by atoms with E-state index in [4.69, 9.17) is 9.79 Å². The van der Waals surface area contributed by atoms with Crippen molar-refractivity contribution in [3.05, 3.63) is 12.3 Å². The van der Waals surface area contributed by atoms with E-state index in [9.17, 15) is 0 Å². The van der Waals surface area contributed by atoms with Crippen LogP contribution in [0.3, 0.4) is 0 Å². The first-order valence-electron chi connectivity index (χ1n) is 11.4. The zero-order valence-electron chi connectivity index (χ0n) is 17.7. The van der Waals surface area contributed by atoms with Gasteiger partial charge in [-0.2, -0.15) is 0 Å². The number of allylic oxidation sites excluding steroid dienone is 1. The van der Waals surface area contributed by atoms with Crippen LogP contribution in [-0.2, 0) is 16.3 Å². The van der Waals surface area contributed by atoms with Crippen molar-refractivity contribution in [2.75, 3.05) is 0 Å². The molecule has 0 saturated heterocycles. The molecule has 0 rings (SSSR count). The highest BCUT2D eigenvalue weighted by atomic mass is 32.5. The molecule has 3 nitrogen and oxygen atoms in total. The topological polar surface area (TPSA) is 49.7 Å². The van der Waals surface area contributed by atoms with Crippen molar-refractivity contribution in [3.63, 3.8) is 0 Å². The highest BCUT2D eigenvalue weighted by molar-refractivity contribution is 8.06. The number of rotatable bonds is 21. The maximum absolute atomic E-state index is 8.88. The van der Waals surface area contributed by atoms with Crippen LogP contribution in [0.15, 0.2) is 12.3 Å². The lowest BCUT2D eigenvalue weighted by Gasteiger charge is -2.04. The summed E-state index contributed by atoms with van der Waals surface area (Å²) in [5.74, 6) is 0. The highest BCUT2D eigenvalue weighted by Crippen LogP contribution is 2.36. The molecular weight excluding hydrogens is 375 g/mol. The summed E-state index contributed by atoms with van der Waals surface area (Å²) < 4.78 is 4.62. The maximum atomic E-state index is 8.88. The van der Waals surface area contributed by atoms with Crippen LogP contribution in [0, 0.1) is 0 Å². The summed E-state index contributed by atoms with van der Waals surface area (Å²) in [6, 6.07) is 0. The fourth-order valence-corrected chi connectivity index (χ4v) is 3.75. The Bertz CT molecular complexity index is 369. The monoisotopic (exact) mass is 420 g/mol. The Labute approximate surface area is 174 Å². The first-order valence-corrected chi connectivity index (χ1v) is 14.1. The molecule has 0 heterocycles. The van der Waals surface area contributed by atoms with Gasteiger partial charge in [0.1, 0.15) is 0 Å². The predicted molar refractivity (Wildman–Crippen MR) is 122 cm³/mol. The van der Waals surface area contributed by atoms with Crippen LogP contribution in [-0.4, -0.2) is 9.79 Å². The number of hydrogen-bond donors (Lipinski definition) is 2. The van der Waals surface area contributed by atoms with Gasteiger partial charge >= 0.3 is 6.72 Å². The molecule has 0 radical (unpaired) electrons. The molecule has 0 aromatic heterocycles. The second kappa shape index (κ2) is 20.8. The Morgan fingerprint density at radius 1 is 0.630 bits per heavy atom. The van der Waals surface area contributed by atoms with Gasteiger partial charge in [0.05, 0.1) is 6.26 Å². The molecule has 27 heavy (non-hydrogen) atoms. The van der Waals surface area contributed by atoms with Crippen molar-refractivity contribution < 1.29 is 14.3 Å². The van der Waals surface area contributed by atoms with E-state index >= 15 is 0 Å². The van der Waals surface area contributed by atoms with Gasteiger partial charge in [-0.3, -0.25) is 0 Å². The van der Waals surface area contributed by atoms with Gasteiger partial charge in [-0.25, -0.2) is 0 Å². The van der Waals surface area contributed by atoms with E-state index in [0.29, 0.717) is 0 Å². The molecule has 2 N–H and O–H groups in total. The van der Waals surface area contributed by atoms with Crippen molar-refractivity contribution in [2.45, 2.75) is 129 Å². The summed E-state index contributed by atoms with van der Waals surface area (Å²) in [5.41, 5.74) is 0. The predicted octanol–water partition coefficient (Wildman–Crippen LogP) is 8.16. The van der Waals surface area contributed by atoms with Gasteiger partial charge in [0.25, 0.3) is 0 Å². The Kier molecular flexibility index (Phi) is 20.9. The van der Waals surface area contributed by atoms with Crippen LogP contribution in [0.4, 0.5) is 0 Å². The molecule has 0 aromatic carbocycles. The zero-order valence-corrected chi connectivity index (χ0v) is 19.5. The Morgan fingerprint density at radius 2 is 0.963 bits per heavy atom. The minimum absolute atomic E-state index is 0.911. The molecule has 0 fully saturated rings. The fraction of sp³-hybridized carbons (Fsp3) is 0.909. The molecule has 0 aromatic rings. The number of hydrogen-bond acceptors (Lipinski definition) is 2. The van der Waals surface area contributed by atoms with Gasteiger partial charge in [-0.05, 0) is 18.9 Å². The molecule has 0 aliphatic heterocycles. The molecular formula is C22H45O3PS. The zero-order chi connectivity index (χ0) is 20.1. The van der Waals surface area contributed by atoms with E-state index in [1.807, 2.05) is 6.08 Å². The lowest BCUT2D eigenvalue weighted by atomic mass is 10.0. The minimum Gasteiger partial charge on any atom is -0.433 e. The van der Waals surface area contributed by atoms with Crippen LogP contribution in [0.25, 0.3) is 0 Å². The van der Waals surface area contributed by atoms with E-state index in [0.717, 1.165) is 12.8 Å². The molecule has 0 aliphatic rings. The quantitative estimate of drug-likeness (QED) is 0.112. The third-order valence-corrected chi connectivity index (χ3v) is 5.67. The molecule has 0 aliphatic carbocycles. The second-order valence-corrected chi connectivity index (χ2v) is 10.4. The fourth-order valence-electron chi connectivity index (χ4n) is 3.35. The average Bonchev–Trinajstić information content (AvgIpc) is 2.62. The molecule has 0 atom stereocenters. The SMILES string of the molecule is CCCCCCCCCCCCCCCCCCCCC=COP(O)(O)=S. The van der Waals surface area contributed by atoms with Crippen molar-refractivity contribution in [2.24, 2.45) is 0 Å². The molecule has 0 spiro atoms. The molecule has 5 heteroatoms. The highest BCUT2D eigenvalue weighted by Gasteiger charge is 2.03. The lowest BCUT2D eigenvalue weighted by molar-refractivity contribution is 0.337. The Hall–Kier alpha value is 0.110. The first-order chi connectivity index (χ1) is 13.1. The third kappa shape index (κ3) is 26.1. The van der Waals surface area contributed by atoms with E-state index in [1.54, 1.807) is 0 Å². The smallest absolute Gasteiger partial charge is 0.374 e. The van der Waals surface area contributed by atoms with Crippen LogP contribution in [0.1, 0.15) is 129 Å². The average molecular weight is 421 g/mol. The summed E-state index contributed by atoms with van der Waals surface area (Å²) in [6.07, 6.45) is 29.0. The minimum atomic E-state index is -3.51. The van der Waals surface area contributed by atoms with Crippen LogP contribution >= 0.6 is 6.72 Å². The first kappa shape index (κ1) is 27.1. The molecule has 162 valence electrons. The van der Waals surface area contributed by atoms with Gasteiger partial charge in [0.15, 0.2) is 0 Å². The lowest BCUT2D eigenvalue weighted by Crippen LogP contribution is -1.84. The van der Waals surface area contributed by atoms with Crippen LogP contribution < -0.4 is 0 Å². The van der Waals surface area contributed by atoms with Gasteiger partial charge in [-0.1, -0.05) is 116 Å². The van der Waals surface area contributed by atoms with E-state index < -0.39 is 6.72 Å². The van der Waals surface area contributed by atoms with Crippen molar-refractivity contribution >= 4 is 18.5 Å². The molecule has 0 unspecified atom stereocenters. The largest absolute Gasteiger partial charge is 0.433 e. The Morgan fingerprint density at radius 3 is 1.30 bits per heavy atom. The summed E-state index contributed by atoms with van der Waals surface area (Å²) in [4.78, 5) is 17.8. The summed E-state index contributed by atoms with van der Waals surface area (Å²) in [6.45, 7) is -1.23. The second-order valence-electron chi connectivity index (χ2n) is 7.77. The summed E-state index contributed by atoms with van der Waals surface area (Å²) in [7, 11) is 0. The van der Waals surface area contributed by atoms with E-state index in [2.05, 4.69) is 23.3 Å². The standard InChI is InChI=1S/C22H45O3PS/c1-2-3-4-5-6-7-8-9-10-11-12-13-14-15-16-17-18-19-20-21-22-25-26(23,24)27/h21-22H,2-20H2,1H3,(H2,23,24,27). The van der Waals surface area contributed by atoms with Gasteiger partial charge in [0, 0.05) is 11.8 Å². The molecule has 0 amide bonds. The third-order valence-electron chi connectivity index (χ3n) is 5.02.